The SMILES string of the molecule is C=C/C=C\c1c(C)cccc1N=C(C=CN)NSc1ccc(CC)cc1. The van der Waals surface area contributed by atoms with E-state index in [2.05, 4.69) is 55.5 Å². The molecule has 0 aliphatic rings. The molecule has 0 saturated heterocycles. The number of nitrogens with one attached hydrogen (secondary N) is 1. The number of allylic oxidation sites excluding steroid dienone is 2. The summed E-state index contributed by atoms with van der Waals surface area (Å²) in [6.45, 7) is 7.95. The molecule has 0 amide bonds. The first kappa shape index (κ1) is 19.6. The van der Waals surface area contributed by atoms with E-state index >= 15 is 0 Å². The van der Waals surface area contributed by atoms with Crippen LogP contribution in [-0.2, 0) is 6.42 Å². The van der Waals surface area contributed by atoms with Crippen LogP contribution in [0, 0.1) is 6.92 Å². The zero-order chi connectivity index (χ0) is 18.8. The van der Waals surface area contributed by atoms with Gasteiger partial charge in [0.15, 0.2) is 0 Å². The van der Waals surface area contributed by atoms with Crippen LogP contribution in [0.15, 0.2) is 83.4 Å². The van der Waals surface area contributed by atoms with Crippen molar-refractivity contribution in [2.24, 2.45) is 10.7 Å². The van der Waals surface area contributed by atoms with E-state index in [-0.39, 0.29) is 0 Å². The van der Waals surface area contributed by atoms with Crippen molar-refractivity contribution in [2.45, 2.75) is 25.2 Å². The molecular formula is C22H25N3S. The summed E-state index contributed by atoms with van der Waals surface area (Å²) in [6, 6.07) is 14.5. The number of rotatable bonds is 7. The Hall–Kier alpha value is -2.72. The molecule has 0 unspecified atom stereocenters. The number of aliphatic imine (C=N–C) groups is 1. The molecule has 0 bridgehead atoms. The predicted molar refractivity (Wildman–Crippen MR) is 116 cm³/mol. The lowest BCUT2D eigenvalue weighted by Crippen LogP contribution is -2.13. The zero-order valence-corrected chi connectivity index (χ0v) is 16.1. The third kappa shape index (κ3) is 5.67. The van der Waals surface area contributed by atoms with E-state index < -0.39 is 0 Å². The quantitative estimate of drug-likeness (QED) is 0.293. The molecule has 3 nitrogen and oxygen atoms in total. The second-order valence-electron chi connectivity index (χ2n) is 5.66. The molecule has 2 rings (SSSR count). The highest BCUT2D eigenvalue weighted by Gasteiger charge is 2.04. The van der Waals surface area contributed by atoms with Crippen LogP contribution in [-0.4, -0.2) is 5.84 Å². The summed E-state index contributed by atoms with van der Waals surface area (Å²) in [6.07, 6.45) is 9.97. The normalized spacial score (nSPS) is 12.0. The van der Waals surface area contributed by atoms with E-state index in [0.717, 1.165) is 28.1 Å². The fourth-order valence-electron chi connectivity index (χ4n) is 2.36. The molecule has 0 aliphatic carbocycles. The third-order valence-corrected chi connectivity index (χ3v) is 4.62. The molecule has 2 aromatic rings. The Balaban J connectivity index is 2.24. The number of aryl methyl sites for hydroxylation is 2. The summed E-state index contributed by atoms with van der Waals surface area (Å²) in [5, 5.41) is 0. The molecule has 0 atom stereocenters. The van der Waals surface area contributed by atoms with E-state index in [1.807, 2.05) is 24.3 Å². The molecule has 0 fully saturated rings. The fraction of sp³-hybridized carbons (Fsp3) is 0.136. The van der Waals surface area contributed by atoms with Gasteiger partial charge in [-0.1, -0.05) is 56.0 Å². The lowest BCUT2D eigenvalue weighted by atomic mass is 10.1. The van der Waals surface area contributed by atoms with Gasteiger partial charge in [-0.05, 0) is 66.9 Å². The molecule has 134 valence electrons. The maximum absolute atomic E-state index is 5.60. The van der Waals surface area contributed by atoms with E-state index in [1.54, 1.807) is 12.2 Å². The van der Waals surface area contributed by atoms with Gasteiger partial charge in [-0.25, -0.2) is 4.99 Å². The van der Waals surface area contributed by atoms with Gasteiger partial charge >= 0.3 is 0 Å². The summed E-state index contributed by atoms with van der Waals surface area (Å²) >= 11 is 1.51. The van der Waals surface area contributed by atoms with Crippen LogP contribution >= 0.6 is 11.9 Å². The van der Waals surface area contributed by atoms with Crippen LogP contribution in [0.3, 0.4) is 0 Å². The first-order chi connectivity index (χ1) is 12.7. The van der Waals surface area contributed by atoms with Crippen LogP contribution in [0.2, 0.25) is 0 Å². The monoisotopic (exact) mass is 363 g/mol. The van der Waals surface area contributed by atoms with Crippen molar-refractivity contribution in [3.05, 3.63) is 90.2 Å². The standard InChI is InChI=1S/C22H25N3S/c1-4-6-9-20-17(3)8-7-10-21(20)24-22(15-16-23)25-26-19-13-11-18(5-2)12-14-19/h4,6-16H,1,5,23H2,2-3H3,(H,24,25)/b9-6-,16-15?. The van der Waals surface area contributed by atoms with E-state index in [4.69, 9.17) is 10.7 Å². The fourth-order valence-corrected chi connectivity index (χ4v) is 2.97. The molecule has 2 aromatic carbocycles. The minimum atomic E-state index is 0.691. The second kappa shape index (κ2) is 10.3. The van der Waals surface area contributed by atoms with Crippen molar-refractivity contribution < 1.29 is 0 Å². The largest absolute Gasteiger partial charge is 0.404 e. The molecular weight excluding hydrogens is 338 g/mol. The maximum Gasteiger partial charge on any atom is 0.138 e. The van der Waals surface area contributed by atoms with Crippen molar-refractivity contribution in [3.8, 4) is 0 Å². The predicted octanol–water partition coefficient (Wildman–Crippen LogP) is 5.56. The number of benzene rings is 2. The maximum atomic E-state index is 5.60. The van der Waals surface area contributed by atoms with Crippen LogP contribution in [0.1, 0.15) is 23.6 Å². The molecule has 0 aromatic heterocycles. The smallest absolute Gasteiger partial charge is 0.138 e. The number of nitrogens with zero attached hydrogens (tertiary/aromatic N) is 1. The van der Waals surface area contributed by atoms with Crippen molar-refractivity contribution >= 4 is 29.5 Å². The van der Waals surface area contributed by atoms with E-state index in [0.29, 0.717) is 5.84 Å². The van der Waals surface area contributed by atoms with Crippen molar-refractivity contribution in [3.63, 3.8) is 0 Å². The Labute approximate surface area is 160 Å². The number of hydrogen-bond donors (Lipinski definition) is 2. The minimum Gasteiger partial charge on any atom is -0.404 e. The Morgan fingerprint density at radius 2 is 2.00 bits per heavy atom. The summed E-state index contributed by atoms with van der Waals surface area (Å²) in [5.41, 5.74) is 10.0. The summed E-state index contributed by atoms with van der Waals surface area (Å²) in [5.74, 6) is 0.691. The van der Waals surface area contributed by atoms with Crippen molar-refractivity contribution in [1.82, 2.24) is 4.72 Å². The molecule has 26 heavy (non-hydrogen) atoms. The molecule has 0 aliphatic heterocycles. The lowest BCUT2D eigenvalue weighted by Gasteiger charge is -2.09. The Kier molecular flexibility index (Phi) is 7.77. The van der Waals surface area contributed by atoms with Gasteiger partial charge < -0.3 is 10.5 Å². The van der Waals surface area contributed by atoms with Crippen LogP contribution < -0.4 is 10.5 Å². The highest BCUT2D eigenvalue weighted by atomic mass is 32.2. The average Bonchev–Trinajstić information content (AvgIpc) is 2.66. The van der Waals surface area contributed by atoms with E-state index in [1.165, 1.54) is 23.7 Å². The van der Waals surface area contributed by atoms with Gasteiger partial charge in [0.2, 0.25) is 0 Å². The van der Waals surface area contributed by atoms with Gasteiger partial charge in [-0.2, -0.15) is 0 Å². The summed E-state index contributed by atoms with van der Waals surface area (Å²) in [4.78, 5) is 5.86. The van der Waals surface area contributed by atoms with Gasteiger partial charge in [0, 0.05) is 10.5 Å². The van der Waals surface area contributed by atoms with Gasteiger partial charge in [0.25, 0.3) is 0 Å². The van der Waals surface area contributed by atoms with Gasteiger partial charge in [-0.3, -0.25) is 0 Å². The Bertz CT molecular complexity index is 818. The Morgan fingerprint density at radius 1 is 1.23 bits per heavy atom. The second-order valence-corrected chi connectivity index (χ2v) is 6.54. The number of amidine groups is 1. The van der Waals surface area contributed by atoms with Gasteiger partial charge in [-0.15, -0.1) is 0 Å². The van der Waals surface area contributed by atoms with Crippen molar-refractivity contribution in [1.29, 1.82) is 0 Å². The Morgan fingerprint density at radius 3 is 2.65 bits per heavy atom. The number of hydrogen-bond acceptors (Lipinski definition) is 3. The molecule has 0 saturated carbocycles. The topological polar surface area (TPSA) is 50.4 Å². The van der Waals surface area contributed by atoms with Crippen molar-refractivity contribution in [2.75, 3.05) is 0 Å². The molecule has 4 heteroatoms. The zero-order valence-electron chi connectivity index (χ0n) is 15.3. The molecule has 0 spiro atoms. The van der Waals surface area contributed by atoms with E-state index in [9.17, 15) is 0 Å². The highest BCUT2D eigenvalue weighted by Crippen LogP contribution is 2.25. The molecule has 3 N–H and O–H groups in total. The highest BCUT2D eigenvalue weighted by molar-refractivity contribution is 7.98. The third-order valence-electron chi connectivity index (χ3n) is 3.80. The molecule has 0 radical (unpaired) electrons. The lowest BCUT2D eigenvalue weighted by molar-refractivity contribution is 1.13. The van der Waals surface area contributed by atoms with Crippen LogP contribution in [0.5, 0.6) is 0 Å². The van der Waals surface area contributed by atoms with Gasteiger partial charge in [0.05, 0.1) is 5.69 Å². The first-order valence-corrected chi connectivity index (χ1v) is 9.37. The average molecular weight is 364 g/mol. The summed E-state index contributed by atoms with van der Waals surface area (Å²) in [7, 11) is 0. The van der Waals surface area contributed by atoms with Gasteiger partial charge in [0.1, 0.15) is 5.84 Å². The summed E-state index contributed by atoms with van der Waals surface area (Å²) < 4.78 is 3.28. The van der Waals surface area contributed by atoms with Crippen LogP contribution in [0.25, 0.3) is 6.08 Å². The molecule has 0 heterocycles. The first-order valence-electron chi connectivity index (χ1n) is 8.55. The number of nitrogens with two attached hydrogens (primary N) is 1. The minimum absolute atomic E-state index is 0.691. The van der Waals surface area contributed by atoms with Crippen LogP contribution in [0.4, 0.5) is 5.69 Å².